The summed E-state index contributed by atoms with van der Waals surface area (Å²) < 4.78 is 11.9. The maximum absolute atomic E-state index is 12.3. The van der Waals surface area contributed by atoms with E-state index in [1.165, 1.54) is 173 Å². The first kappa shape index (κ1) is 42.1. The average molecular weight is 656 g/mol. The zero-order chi connectivity index (χ0) is 31.6. The molecule has 0 bridgehead atoms. The number of unbranched alkanes of at least 4 members (excludes halogenated alkanes) is 21. The van der Waals surface area contributed by atoms with Gasteiger partial charge in [-0.1, -0.05) is 167 Å². The number of hydrogen-bond acceptors (Lipinski definition) is 5. The third-order valence-corrected chi connectivity index (χ3v) is 13.5. The first-order chi connectivity index (χ1) is 21.8. The average Bonchev–Trinajstić information content (AvgIpc) is 3.01. The van der Waals surface area contributed by atoms with Crippen LogP contribution >= 0.6 is 11.8 Å². The molecule has 2 atom stereocenters. The summed E-state index contributed by atoms with van der Waals surface area (Å²) in [5.41, 5.74) is 0. The number of ether oxygens (including phenoxy) is 2. The van der Waals surface area contributed by atoms with Crippen molar-refractivity contribution in [3.63, 3.8) is 0 Å². The highest BCUT2D eigenvalue weighted by Gasteiger charge is 2.18. The van der Waals surface area contributed by atoms with Crippen LogP contribution in [0.3, 0.4) is 0 Å². The molecule has 0 radical (unpaired) electrons. The van der Waals surface area contributed by atoms with Gasteiger partial charge in [0.05, 0.1) is 6.10 Å². The molecule has 0 aromatic carbocycles. The lowest BCUT2D eigenvalue weighted by atomic mass is 10.0. The van der Waals surface area contributed by atoms with Crippen LogP contribution in [0.2, 0.25) is 12.1 Å². The molecular formula is C38H77NO3SSi. The SMILES string of the molecule is CCCCCCCCCCCCCCCC(=O)SCCC[SiH]1CCCC(OCOCCCCCCCCCCCC)CCN1. The van der Waals surface area contributed by atoms with Crippen LogP contribution in [0.15, 0.2) is 0 Å². The maximum atomic E-state index is 12.3. The normalized spacial score (nSPS) is 17.5. The first-order valence-corrected chi connectivity index (χ1v) is 23.0. The van der Waals surface area contributed by atoms with E-state index in [0.717, 1.165) is 38.2 Å². The van der Waals surface area contributed by atoms with Crippen LogP contribution in [0.1, 0.15) is 194 Å². The summed E-state index contributed by atoms with van der Waals surface area (Å²) in [6.07, 6.45) is 37.2. The Labute approximate surface area is 281 Å². The van der Waals surface area contributed by atoms with Crippen LogP contribution < -0.4 is 4.98 Å². The van der Waals surface area contributed by atoms with Gasteiger partial charge in [0.25, 0.3) is 0 Å². The van der Waals surface area contributed by atoms with Crippen molar-refractivity contribution in [3.8, 4) is 0 Å². The van der Waals surface area contributed by atoms with Gasteiger partial charge in [-0.2, -0.15) is 0 Å². The van der Waals surface area contributed by atoms with Crippen LogP contribution in [0, 0.1) is 0 Å². The highest BCUT2D eigenvalue weighted by Crippen LogP contribution is 2.19. The molecular weight excluding hydrogens is 579 g/mol. The second kappa shape index (κ2) is 34.5. The minimum atomic E-state index is -0.868. The van der Waals surface area contributed by atoms with Gasteiger partial charge in [-0.25, -0.2) is 0 Å². The molecule has 0 spiro atoms. The predicted molar refractivity (Wildman–Crippen MR) is 199 cm³/mol. The van der Waals surface area contributed by atoms with E-state index in [1.54, 1.807) is 11.8 Å². The van der Waals surface area contributed by atoms with Crippen molar-refractivity contribution in [1.82, 2.24) is 4.98 Å². The molecule has 1 N–H and O–H groups in total. The topological polar surface area (TPSA) is 47.6 Å². The number of carbonyl (C=O) groups excluding carboxylic acids is 1. The van der Waals surface area contributed by atoms with E-state index in [2.05, 4.69) is 18.8 Å². The molecule has 0 aromatic rings. The molecule has 1 aliphatic rings. The Morgan fingerprint density at radius 2 is 1.20 bits per heavy atom. The van der Waals surface area contributed by atoms with Gasteiger partial charge in [-0.3, -0.25) is 4.79 Å². The van der Waals surface area contributed by atoms with Crippen LogP contribution in [0.5, 0.6) is 0 Å². The minimum Gasteiger partial charge on any atom is -0.355 e. The van der Waals surface area contributed by atoms with Gasteiger partial charge in [0.2, 0.25) is 0 Å². The standard InChI is InChI=1S/C38H77NO3SSi/c1-3-5-7-9-11-13-15-16-17-18-20-22-24-29-38(40)43-33-27-35-44-34-26-28-37(30-31-39-44)42-36-41-32-25-23-21-19-14-12-10-8-6-4-2/h37,39,44H,3-36H2,1-2H3. The Hall–Kier alpha value is 0.117. The summed E-state index contributed by atoms with van der Waals surface area (Å²) >= 11 is 1.60. The van der Waals surface area contributed by atoms with Crippen molar-refractivity contribution in [2.45, 2.75) is 212 Å². The molecule has 1 saturated heterocycles. The largest absolute Gasteiger partial charge is 0.355 e. The van der Waals surface area contributed by atoms with Gasteiger partial charge in [0.1, 0.15) is 15.8 Å². The molecule has 0 aliphatic carbocycles. The van der Waals surface area contributed by atoms with E-state index in [4.69, 9.17) is 9.47 Å². The van der Waals surface area contributed by atoms with Crippen LogP contribution in [-0.2, 0) is 14.3 Å². The van der Waals surface area contributed by atoms with Crippen molar-refractivity contribution in [2.24, 2.45) is 0 Å². The van der Waals surface area contributed by atoms with Crippen molar-refractivity contribution < 1.29 is 14.3 Å². The molecule has 0 saturated carbocycles. The van der Waals surface area contributed by atoms with E-state index in [-0.39, 0.29) is 0 Å². The lowest BCUT2D eigenvalue weighted by Gasteiger charge is -2.25. The Bertz CT molecular complexity index is 586. The van der Waals surface area contributed by atoms with Crippen molar-refractivity contribution in [1.29, 1.82) is 0 Å². The molecule has 1 aliphatic heterocycles. The molecule has 4 nitrogen and oxygen atoms in total. The van der Waals surface area contributed by atoms with Crippen LogP contribution in [0.4, 0.5) is 0 Å². The summed E-state index contributed by atoms with van der Waals surface area (Å²) in [4.78, 5) is 16.2. The summed E-state index contributed by atoms with van der Waals surface area (Å²) in [5.74, 6) is 1.02. The van der Waals surface area contributed by atoms with Crippen LogP contribution in [-0.4, -0.2) is 45.9 Å². The summed E-state index contributed by atoms with van der Waals surface area (Å²) in [7, 11) is -0.868. The van der Waals surface area contributed by atoms with Crippen molar-refractivity contribution >= 4 is 25.8 Å². The summed E-state index contributed by atoms with van der Waals surface area (Å²) in [6.45, 7) is 6.97. The quantitative estimate of drug-likeness (QED) is 0.0444. The monoisotopic (exact) mass is 656 g/mol. The second-order valence-corrected chi connectivity index (χ2v) is 17.8. The fourth-order valence-corrected chi connectivity index (χ4v) is 10.3. The molecule has 2 unspecified atom stereocenters. The Kier molecular flexibility index (Phi) is 33.0. The van der Waals surface area contributed by atoms with Crippen molar-refractivity contribution in [2.75, 3.05) is 25.7 Å². The third-order valence-electron chi connectivity index (χ3n) is 9.45. The minimum absolute atomic E-state index is 0.350. The van der Waals surface area contributed by atoms with Gasteiger partial charge in [0.15, 0.2) is 5.12 Å². The fraction of sp³-hybridized carbons (Fsp3) is 0.974. The Morgan fingerprint density at radius 3 is 1.77 bits per heavy atom. The smallest absolute Gasteiger partial charge is 0.188 e. The zero-order valence-electron chi connectivity index (χ0n) is 29.8. The second-order valence-electron chi connectivity index (χ2n) is 13.7. The van der Waals surface area contributed by atoms with E-state index >= 15 is 0 Å². The maximum Gasteiger partial charge on any atom is 0.188 e. The number of rotatable bonds is 32. The van der Waals surface area contributed by atoms with E-state index in [1.807, 2.05) is 0 Å². The predicted octanol–water partition coefficient (Wildman–Crippen LogP) is 11.9. The van der Waals surface area contributed by atoms with E-state index < -0.39 is 8.96 Å². The Morgan fingerprint density at radius 1 is 0.682 bits per heavy atom. The molecule has 0 amide bonds. The zero-order valence-corrected chi connectivity index (χ0v) is 31.8. The van der Waals surface area contributed by atoms with E-state index in [9.17, 15) is 4.79 Å². The molecule has 0 aromatic heterocycles. The van der Waals surface area contributed by atoms with Crippen molar-refractivity contribution in [3.05, 3.63) is 0 Å². The van der Waals surface area contributed by atoms with Crippen LogP contribution in [0.25, 0.3) is 0 Å². The summed E-state index contributed by atoms with van der Waals surface area (Å²) in [5, 5.41) is 0.427. The molecule has 44 heavy (non-hydrogen) atoms. The molecule has 6 heteroatoms. The molecule has 1 heterocycles. The lowest BCUT2D eigenvalue weighted by molar-refractivity contribution is -0.111. The molecule has 1 rings (SSSR count). The number of hydrogen-bond donors (Lipinski definition) is 1. The summed E-state index contributed by atoms with van der Waals surface area (Å²) in [6, 6.07) is 2.68. The van der Waals surface area contributed by atoms with Gasteiger partial charge in [-0.05, 0) is 50.7 Å². The van der Waals surface area contributed by atoms with E-state index in [0.29, 0.717) is 18.0 Å². The highest BCUT2D eigenvalue weighted by atomic mass is 32.2. The first-order valence-electron chi connectivity index (χ1n) is 19.8. The number of thioether (sulfide) groups is 1. The highest BCUT2D eigenvalue weighted by molar-refractivity contribution is 8.13. The Balaban J connectivity index is 1.85. The van der Waals surface area contributed by atoms with Gasteiger partial charge in [-0.15, -0.1) is 0 Å². The molecule has 1 fully saturated rings. The number of carbonyl (C=O) groups is 1. The van der Waals surface area contributed by atoms with Gasteiger partial charge in [0, 0.05) is 18.8 Å². The molecule has 262 valence electrons. The van der Waals surface area contributed by atoms with Gasteiger partial charge >= 0.3 is 0 Å². The fourth-order valence-electron chi connectivity index (χ4n) is 6.47. The number of nitrogens with one attached hydrogen (secondary N) is 1. The lowest BCUT2D eigenvalue weighted by Crippen LogP contribution is -2.38. The van der Waals surface area contributed by atoms with Gasteiger partial charge < -0.3 is 14.5 Å². The third kappa shape index (κ3) is 29.5.